The summed E-state index contributed by atoms with van der Waals surface area (Å²) in [5.74, 6) is -0.515. The summed E-state index contributed by atoms with van der Waals surface area (Å²) in [5, 5.41) is 15.0. The molecular formula is C12H12N4O3. The molecule has 0 radical (unpaired) electrons. The Hall–Kier alpha value is -2.83. The van der Waals surface area contributed by atoms with E-state index in [0.717, 1.165) is 5.69 Å². The summed E-state index contributed by atoms with van der Waals surface area (Å²) in [4.78, 5) is 26.4. The van der Waals surface area contributed by atoms with Gasteiger partial charge < -0.3 is 5.11 Å². The average molecular weight is 260 g/mol. The van der Waals surface area contributed by atoms with Crippen LogP contribution < -0.4 is 16.3 Å². The Kier molecular flexibility index (Phi) is 3.46. The first-order chi connectivity index (χ1) is 9.08. The fraction of sp³-hybridized carbons (Fsp3) is 0.0833. The number of nitrogens with one attached hydrogen (secondary N) is 2. The highest BCUT2D eigenvalue weighted by molar-refractivity contribution is 5.82. The second-order valence-corrected chi connectivity index (χ2v) is 3.77. The molecule has 2 rings (SSSR count). The van der Waals surface area contributed by atoms with Crippen LogP contribution in [0.5, 0.6) is 5.88 Å². The van der Waals surface area contributed by atoms with E-state index in [-0.39, 0.29) is 5.56 Å². The van der Waals surface area contributed by atoms with Gasteiger partial charge >= 0.3 is 5.69 Å². The summed E-state index contributed by atoms with van der Waals surface area (Å²) in [6, 6.07) is 9.26. The van der Waals surface area contributed by atoms with Gasteiger partial charge in [-0.05, 0) is 12.1 Å². The zero-order valence-corrected chi connectivity index (χ0v) is 10.1. The molecule has 3 N–H and O–H groups in total. The molecule has 1 heterocycles. The Morgan fingerprint density at radius 3 is 2.53 bits per heavy atom. The molecule has 1 aromatic heterocycles. The number of hydrazone groups is 1. The number of aromatic hydroxyl groups is 1. The van der Waals surface area contributed by atoms with E-state index in [1.165, 1.54) is 11.2 Å². The predicted octanol–water partition coefficient (Wildman–Crippen LogP) is 0.239. The summed E-state index contributed by atoms with van der Waals surface area (Å²) in [6.07, 6.45) is 1.18. The minimum absolute atomic E-state index is 0.109. The second kappa shape index (κ2) is 5.21. The lowest BCUT2D eigenvalue weighted by Gasteiger charge is -2.11. The number of benzene rings is 1. The molecule has 0 spiro atoms. The smallest absolute Gasteiger partial charge is 0.328 e. The van der Waals surface area contributed by atoms with Gasteiger partial charge in [0.1, 0.15) is 5.56 Å². The van der Waals surface area contributed by atoms with Crippen molar-refractivity contribution >= 4 is 11.9 Å². The fourth-order valence-electron chi connectivity index (χ4n) is 1.46. The number of aromatic nitrogens is 2. The molecule has 0 amide bonds. The standard InChI is InChI=1S/C12H12N4O3/c1-16(8-5-3-2-4-6-8)13-7-9-10(17)14-12(19)15-11(9)18/h2-7H,1H3,(H3,14,15,17,18,19). The largest absolute Gasteiger partial charge is 0.494 e. The number of anilines is 1. The lowest BCUT2D eigenvalue weighted by Crippen LogP contribution is -2.25. The van der Waals surface area contributed by atoms with Crippen LogP contribution in [0.4, 0.5) is 5.69 Å². The normalized spacial score (nSPS) is 10.8. The van der Waals surface area contributed by atoms with Crippen molar-refractivity contribution in [2.75, 3.05) is 12.1 Å². The molecule has 0 saturated heterocycles. The highest BCUT2D eigenvalue weighted by Crippen LogP contribution is 2.11. The van der Waals surface area contributed by atoms with E-state index in [0.29, 0.717) is 0 Å². The number of H-pyrrole nitrogens is 2. The van der Waals surface area contributed by atoms with Gasteiger partial charge in [0.2, 0.25) is 5.88 Å². The molecule has 2 aromatic rings. The lowest BCUT2D eigenvalue weighted by molar-refractivity contribution is 0.447. The molecule has 0 atom stereocenters. The predicted molar refractivity (Wildman–Crippen MR) is 71.8 cm³/mol. The van der Waals surface area contributed by atoms with Crippen molar-refractivity contribution in [2.24, 2.45) is 5.10 Å². The molecule has 0 bridgehead atoms. The second-order valence-electron chi connectivity index (χ2n) is 3.77. The van der Waals surface area contributed by atoms with Crippen LogP contribution in [0, 0.1) is 0 Å². The summed E-state index contributed by atoms with van der Waals surface area (Å²) in [7, 11) is 1.70. The lowest BCUT2D eigenvalue weighted by atomic mass is 10.3. The van der Waals surface area contributed by atoms with Gasteiger partial charge in [-0.25, -0.2) is 4.79 Å². The highest BCUT2D eigenvalue weighted by Gasteiger charge is 2.06. The zero-order valence-electron chi connectivity index (χ0n) is 10.1. The van der Waals surface area contributed by atoms with Crippen LogP contribution in [0.25, 0.3) is 0 Å². The van der Waals surface area contributed by atoms with Gasteiger partial charge in [0.25, 0.3) is 5.56 Å². The Bertz CT molecular complexity index is 703. The molecule has 1 aromatic carbocycles. The van der Waals surface area contributed by atoms with Crippen LogP contribution in [0.1, 0.15) is 5.56 Å². The number of aromatic amines is 2. The van der Waals surface area contributed by atoms with Crippen molar-refractivity contribution in [3.05, 3.63) is 56.7 Å². The molecule has 0 unspecified atom stereocenters. The van der Waals surface area contributed by atoms with Gasteiger partial charge in [0.05, 0.1) is 11.9 Å². The first-order valence-electron chi connectivity index (χ1n) is 5.46. The van der Waals surface area contributed by atoms with Gasteiger partial charge in [-0.1, -0.05) is 18.2 Å². The van der Waals surface area contributed by atoms with Gasteiger partial charge in [-0.3, -0.25) is 19.8 Å². The van der Waals surface area contributed by atoms with Crippen molar-refractivity contribution in [1.82, 2.24) is 9.97 Å². The summed E-state index contributed by atoms with van der Waals surface area (Å²) in [6.45, 7) is 0. The van der Waals surface area contributed by atoms with E-state index < -0.39 is 17.1 Å². The van der Waals surface area contributed by atoms with Crippen molar-refractivity contribution in [1.29, 1.82) is 0 Å². The average Bonchev–Trinajstić information content (AvgIpc) is 2.38. The third-order valence-corrected chi connectivity index (χ3v) is 2.45. The summed E-state index contributed by atoms with van der Waals surface area (Å²) < 4.78 is 0. The van der Waals surface area contributed by atoms with Crippen LogP contribution in [0.15, 0.2) is 45.0 Å². The minimum Gasteiger partial charge on any atom is -0.494 e. The monoisotopic (exact) mass is 260 g/mol. The SMILES string of the molecule is CN(N=Cc1c(O)[nH]c(=O)[nH]c1=O)c1ccccc1. The molecule has 0 fully saturated rings. The van der Waals surface area contributed by atoms with Gasteiger partial charge in [-0.2, -0.15) is 5.10 Å². The van der Waals surface area contributed by atoms with E-state index in [4.69, 9.17) is 0 Å². The summed E-state index contributed by atoms with van der Waals surface area (Å²) >= 11 is 0. The first kappa shape index (κ1) is 12.6. The highest BCUT2D eigenvalue weighted by atomic mass is 16.3. The molecule has 19 heavy (non-hydrogen) atoms. The van der Waals surface area contributed by atoms with E-state index in [1.54, 1.807) is 7.05 Å². The maximum absolute atomic E-state index is 11.5. The van der Waals surface area contributed by atoms with Gasteiger partial charge in [-0.15, -0.1) is 0 Å². The third-order valence-electron chi connectivity index (χ3n) is 2.45. The number of para-hydroxylation sites is 1. The number of nitrogens with zero attached hydrogens (tertiary/aromatic N) is 2. The number of hydrogen-bond acceptors (Lipinski definition) is 5. The van der Waals surface area contributed by atoms with Crippen LogP contribution in [-0.2, 0) is 0 Å². The Labute approximate surface area is 107 Å². The summed E-state index contributed by atoms with van der Waals surface area (Å²) in [5.41, 5.74) is -0.760. The van der Waals surface area contributed by atoms with Crippen molar-refractivity contribution in [2.45, 2.75) is 0 Å². The molecule has 7 heteroatoms. The number of hydrogen-bond donors (Lipinski definition) is 3. The molecule has 0 saturated carbocycles. The van der Waals surface area contributed by atoms with E-state index in [1.807, 2.05) is 35.3 Å². The molecular weight excluding hydrogens is 248 g/mol. The van der Waals surface area contributed by atoms with Crippen molar-refractivity contribution < 1.29 is 5.11 Å². The van der Waals surface area contributed by atoms with Crippen LogP contribution in [-0.4, -0.2) is 28.3 Å². The maximum atomic E-state index is 11.5. The number of rotatable bonds is 3. The molecule has 98 valence electrons. The van der Waals surface area contributed by atoms with Crippen LogP contribution in [0.3, 0.4) is 0 Å². The van der Waals surface area contributed by atoms with Crippen LogP contribution in [0.2, 0.25) is 0 Å². The zero-order chi connectivity index (χ0) is 13.8. The first-order valence-corrected chi connectivity index (χ1v) is 5.46. The van der Waals surface area contributed by atoms with Gasteiger partial charge in [0, 0.05) is 7.05 Å². The Balaban J connectivity index is 2.29. The molecule has 0 aliphatic heterocycles. The van der Waals surface area contributed by atoms with Crippen molar-refractivity contribution in [3.63, 3.8) is 0 Å². The Morgan fingerprint density at radius 2 is 1.89 bits per heavy atom. The molecule has 0 aliphatic rings. The topological polar surface area (TPSA) is 102 Å². The third kappa shape index (κ3) is 2.89. The maximum Gasteiger partial charge on any atom is 0.328 e. The van der Waals surface area contributed by atoms with E-state index in [2.05, 4.69) is 10.1 Å². The Morgan fingerprint density at radius 1 is 1.21 bits per heavy atom. The quantitative estimate of drug-likeness (QED) is 0.543. The molecule has 7 nitrogen and oxygen atoms in total. The van der Waals surface area contributed by atoms with E-state index in [9.17, 15) is 14.7 Å². The fourth-order valence-corrected chi connectivity index (χ4v) is 1.46. The van der Waals surface area contributed by atoms with E-state index >= 15 is 0 Å². The van der Waals surface area contributed by atoms with Crippen molar-refractivity contribution in [3.8, 4) is 5.88 Å². The molecule has 0 aliphatic carbocycles. The van der Waals surface area contributed by atoms with Gasteiger partial charge in [0.15, 0.2) is 0 Å². The van der Waals surface area contributed by atoms with Crippen LogP contribution >= 0.6 is 0 Å². The minimum atomic E-state index is -0.768.